The number of methoxy groups -OCH3 is 3. The molecule has 1 heterocycles. The molecule has 9 nitrogen and oxygen atoms in total. The Morgan fingerprint density at radius 1 is 0.977 bits per heavy atom. The fourth-order valence-corrected chi connectivity index (χ4v) is 5.91. The number of carbonyl (C=O) groups is 2. The van der Waals surface area contributed by atoms with Crippen LogP contribution in [0.3, 0.4) is 0 Å². The van der Waals surface area contributed by atoms with Crippen molar-refractivity contribution in [3.63, 3.8) is 0 Å². The first-order valence-corrected chi connectivity index (χ1v) is 15.1. The van der Waals surface area contributed by atoms with Crippen molar-refractivity contribution in [1.29, 1.82) is 0 Å². The van der Waals surface area contributed by atoms with Crippen molar-refractivity contribution in [2.75, 3.05) is 59.4 Å². The van der Waals surface area contributed by atoms with Gasteiger partial charge in [-0.25, -0.2) is 9.59 Å². The minimum atomic E-state index is -0.355. The third-order valence-corrected chi connectivity index (χ3v) is 8.67. The number of halogens is 3. The minimum absolute atomic E-state index is 0. The number of urea groups is 1. The number of nitrogens with one attached hydrogen (secondary N) is 2. The van der Waals surface area contributed by atoms with Gasteiger partial charge in [-0.15, -0.1) is 0 Å². The van der Waals surface area contributed by atoms with Gasteiger partial charge in [-0.3, -0.25) is 0 Å². The smallest absolute Gasteiger partial charge is 0.361 e. The van der Waals surface area contributed by atoms with E-state index in [9.17, 15) is 9.59 Å². The highest BCUT2D eigenvalue weighted by Gasteiger charge is 2.39. The number of carbonyl (C=O) groups excluding carboxylic acids is 2. The molecule has 2 amide bonds. The molecule has 1 saturated heterocycles. The summed E-state index contributed by atoms with van der Waals surface area (Å²) < 4.78 is 22.1. The number of benzene rings is 2. The molecule has 240 valence electrons. The molecule has 0 radical (unpaired) electrons. The van der Waals surface area contributed by atoms with Crippen molar-refractivity contribution in [1.82, 2.24) is 5.32 Å². The molecule has 0 aliphatic carbocycles. The van der Waals surface area contributed by atoms with Gasteiger partial charge in [-0.05, 0) is 55.7 Å². The Kier molecular flexibility index (Phi) is 15.0. The quantitative estimate of drug-likeness (QED) is 0.186. The molecule has 2 aromatic carbocycles. The minimum Gasteiger partial charge on any atom is -1.00 e. The van der Waals surface area contributed by atoms with Crippen LogP contribution in [0.15, 0.2) is 30.3 Å². The van der Waals surface area contributed by atoms with Gasteiger partial charge in [0.15, 0.2) is 18.0 Å². The lowest BCUT2D eigenvalue weighted by Gasteiger charge is -2.45. The van der Waals surface area contributed by atoms with Crippen LogP contribution in [-0.2, 0) is 16.0 Å². The molecule has 2 N–H and O–H groups in total. The molecule has 1 atom stereocenters. The van der Waals surface area contributed by atoms with Gasteiger partial charge in [0.2, 0.25) is 5.75 Å². The van der Waals surface area contributed by atoms with Crippen LogP contribution in [-0.4, -0.2) is 76.6 Å². The summed E-state index contributed by atoms with van der Waals surface area (Å²) in [6, 6.07) is 8.61. The first-order valence-electron chi connectivity index (χ1n) is 14.3. The van der Waals surface area contributed by atoms with E-state index >= 15 is 0 Å². The van der Waals surface area contributed by atoms with Crippen LogP contribution in [0.4, 0.5) is 10.5 Å². The standard InChI is InChI=1S/C31H43Cl2N3O6.HI/c1-7-42-29(37)19-36(12-10-21(11-13-36)14-22-8-9-24(32)25(33)15-22)18-26(20(2)3)35-31(38)34-23-16-27(39-4)30(41-6)28(17-23)40-5;/h8-9,15-17,20-21,26H,7,10-14,18-19H2,1-6H3,(H-,34,35,38);1H/t21?,26-,36?;/m0./s1. The molecular formula is C31H44Cl2IN3O6. The van der Waals surface area contributed by atoms with Gasteiger partial charge in [-0.1, -0.05) is 43.1 Å². The van der Waals surface area contributed by atoms with Crippen LogP contribution >= 0.6 is 23.2 Å². The number of rotatable bonds is 13. The van der Waals surface area contributed by atoms with E-state index in [-0.39, 0.29) is 54.5 Å². The molecule has 0 saturated carbocycles. The lowest BCUT2D eigenvalue weighted by molar-refractivity contribution is -0.928. The molecule has 1 fully saturated rings. The summed E-state index contributed by atoms with van der Waals surface area (Å²) >= 11 is 12.3. The second kappa shape index (κ2) is 17.4. The van der Waals surface area contributed by atoms with E-state index in [1.807, 2.05) is 25.1 Å². The van der Waals surface area contributed by atoms with Crippen LogP contribution in [0.1, 0.15) is 39.2 Å². The lowest BCUT2D eigenvalue weighted by atomic mass is 9.88. The summed E-state index contributed by atoms with van der Waals surface area (Å²) in [5.74, 6) is 1.69. The summed E-state index contributed by atoms with van der Waals surface area (Å²) in [6.07, 6.45) is 2.80. The SMILES string of the molecule is CCOC(=O)C[N+]1(C[C@H](NC(=O)Nc2cc(OC)c(OC)c(OC)c2)C(C)C)CCC(Cc2ccc(Cl)c(Cl)c2)CC1.[I-]. The number of hydrogen-bond acceptors (Lipinski definition) is 6. The van der Waals surface area contributed by atoms with Crippen LogP contribution in [0.2, 0.25) is 10.0 Å². The maximum atomic E-state index is 13.2. The number of piperidine rings is 1. The maximum absolute atomic E-state index is 13.2. The van der Waals surface area contributed by atoms with Gasteiger partial charge in [-0.2, -0.15) is 0 Å². The third-order valence-electron chi connectivity index (χ3n) is 7.93. The van der Waals surface area contributed by atoms with Crippen molar-refractivity contribution in [3.05, 3.63) is 45.9 Å². The van der Waals surface area contributed by atoms with Crippen LogP contribution in [0.25, 0.3) is 0 Å². The zero-order valence-corrected chi connectivity index (χ0v) is 29.5. The number of likely N-dealkylation sites (tertiary alicyclic amines) is 1. The van der Waals surface area contributed by atoms with Crippen molar-refractivity contribution in [2.45, 2.75) is 46.1 Å². The summed E-state index contributed by atoms with van der Waals surface area (Å²) in [6.45, 7) is 8.80. The van der Waals surface area contributed by atoms with E-state index in [0.717, 1.165) is 37.9 Å². The lowest BCUT2D eigenvalue weighted by Crippen LogP contribution is -3.00. The average Bonchev–Trinajstić information content (AvgIpc) is 2.95. The number of hydrogen-bond donors (Lipinski definition) is 2. The molecule has 0 unspecified atom stereocenters. The predicted molar refractivity (Wildman–Crippen MR) is 166 cm³/mol. The molecule has 1 aliphatic heterocycles. The molecule has 2 aromatic rings. The Labute approximate surface area is 282 Å². The highest BCUT2D eigenvalue weighted by molar-refractivity contribution is 6.42. The van der Waals surface area contributed by atoms with Gasteiger partial charge < -0.3 is 58.0 Å². The van der Waals surface area contributed by atoms with Crippen molar-refractivity contribution >= 4 is 40.9 Å². The Balaban J connectivity index is 0.00000645. The zero-order valence-electron chi connectivity index (χ0n) is 25.8. The third kappa shape index (κ3) is 10.5. The van der Waals surface area contributed by atoms with Gasteiger partial charge in [0.25, 0.3) is 0 Å². The number of anilines is 1. The van der Waals surface area contributed by atoms with Crippen LogP contribution < -0.4 is 48.8 Å². The monoisotopic (exact) mass is 751 g/mol. The fourth-order valence-electron chi connectivity index (χ4n) is 5.59. The Morgan fingerprint density at radius 2 is 1.60 bits per heavy atom. The van der Waals surface area contributed by atoms with Crippen LogP contribution in [0, 0.1) is 11.8 Å². The summed E-state index contributed by atoms with van der Waals surface area (Å²) in [4.78, 5) is 26.0. The molecule has 3 rings (SSSR count). The van der Waals surface area contributed by atoms with Gasteiger partial charge >= 0.3 is 12.0 Å². The molecular weight excluding hydrogens is 708 g/mol. The normalized spacial score (nSPS) is 18.7. The molecule has 43 heavy (non-hydrogen) atoms. The van der Waals surface area contributed by atoms with E-state index in [2.05, 4.69) is 24.5 Å². The number of esters is 1. The number of ether oxygens (including phenoxy) is 4. The average molecular weight is 753 g/mol. The van der Waals surface area contributed by atoms with E-state index in [0.29, 0.717) is 56.5 Å². The van der Waals surface area contributed by atoms with E-state index in [4.69, 9.17) is 42.1 Å². The Hall–Kier alpha value is -2.15. The number of quaternary nitrogens is 1. The maximum Gasteiger partial charge on any atom is 0.361 e. The number of nitrogens with zero attached hydrogens (tertiary/aromatic N) is 1. The zero-order chi connectivity index (χ0) is 30.9. The largest absolute Gasteiger partial charge is 1.00 e. The van der Waals surface area contributed by atoms with Crippen molar-refractivity contribution in [3.8, 4) is 17.2 Å². The molecule has 12 heteroatoms. The second-order valence-electron chi connectivity index (χ2n) is 11.2. The second-order valence-corrected chi connectivity index (χ2v) is 12.0. The topological polar surface area (TPSA) is 95.1 Å². The van der Waals surface area contributed by atoms with Gasteiger partial charge in [0, 0.05) is 12.1 Å². The Morgan fingerprint density at radius 3 is 2.12 bits per heavy atom. The summed E-state index contributed by atoms with van der Waals surface area (Å²) in [5.41, 5.74) is 1.66. The highest BCUT2D eigenvalue weighted by atomic mass is 127. The van der Waals surface area contributed by atoms with Gasteiger partial charge in [0.05, 0.1) is 69.3 Å². The summed E-state index contributed by atoms with van der Waals surface area (Å²) in [7, 11) is 4.57. The predicted octanol–water partition coefficient (Wildman–Crippen LogP) is 3.20. The first-order chi connectivity index (χ1) is 20.0. The summed E-state index contributed by atoms with van der Waals surface area (Å²) in [5, 5.41) is 7.16. The molecule has 1 aliphatic rings. The molecule has 0 aromatic heterocycles. The fraction of sp³-hybridized carbons (Fsp3) is 0.548. The van der Waals surface area contributed by atoms with Crippen LogP contribution in [0.5, 0.6) is 17.2 Å². The molecule has 0 spiro atoms. The van der Waals surface area contributed by atoms with E-state index in [1.165, 1.54) is 21.3 Å². The van der Waals surface area contributed by atoms with E-state index in [1.54, 1.807) is 12.1 Å². The van der Waals surface area contributed by atoms with E-state index < -0.39 is 0 Å². The number of amides is 2. The van der Waals surface area contributed by atoms with Crippen molar-refractivity contribution < 1.29 is 57.0 Å². The highest BCUT2D eigenvalue weighted by Crippen LogP contribution is 2.40. The molecule has 0 bridgehead atoms. The first kappa shape index (κ1) is 37.0. The Bertz CT molecular complexity index is 1200. The van der Waals surface area contributed by atoms with Gasteiger partial charge in [0.1, 0.15) is 0 Å². The van der Waals surface area contributed by atoms with Crippen molar-refractivity contribution in [2.24, 2.45) is 11.8 Å².